The highest BCUT2D eigenvalue weighted by molar-refractivity contribution is 7.80. The van der Waals surface area contributed by atoms with Crippen molar-refractivity contribution < 1.29 is 4.79 Å². The molecule has 182 valence electrons. The number of aryl methyl sites for hydroxylation is 1. The van der Waals surface area contributed by atoms with E-state index in [0.29, 0.717) is 17.2 Å². The summed E-state index contributed by atoms with van der Waals surface area (Å²) in [5.41, 5.74) is 11.2. The van der Waals surface area contributed by atoms with Gasteiger partial charge in [0.15, 0.2) is 5.11 Å². The molecule has 9 heteroatoms. The number of nitrogens with two attached hydrogens (primary N) is 1. The summed E-state index contributed by atoms with van der Waals surface area (Å²) in [4.78, 5) is 19.3. The normalized spacial score (nSPS) is 15.0. The number of benzene rings is 2. The molecule has 5 rings (SSSR count). The van der Waals surface area contributed by atoms with Gasteiger partial charge in [0, 0.05) is 55.4 Å². The average Bonchev–Trinajstić information content (AvgIpc) is 3.54. The van der Waals surface area contributed by atoms with Crippen molar-refractivity contribution in [2.24, 2.45) is 7.05 Å². The zero-order valence-electron chi connectivity index (χ0n) is 19.9. The predicted molar refractivity (Wildman–Crippen MR) is 146 cm³/mol. The van der Waals surface area contributed by atoms with Crippen LogP contribution in [0.1, 0.15) is 16.8 Å². The summed E-state index contributed by atoms with van der Waals surface area (Å²) >= 11 is 5.67. The molecule has 4 N–H and O–H groups in total. The van der Waals surface area contributed by atoms with Crippen LogP contribution in [0.3, 0.4) is 0 Å². The van der Waals surface area contributed by atoms with E-state index in [9.17, 15) is 4.79 Å². The largest absolute Gasteiger partial charge is 0.383 e. The van der Waals surface area contributed by atoms with Gasteiger partial charge >= 0.3 is 0 Å². The van der Waals surface area contributed by atoms with Gasteiger partial charge in [0.2, 0.25) is 0 Å². The summed E-state index contributed by atoms with van der Waals surface area (Å²) in [6, 6.07) is 20.1. The molecule has 1 fully saturated rings. The quantitative estimate of drug-likeness (QED) is 0.359. The van der Waals surface area contributed by atoms with Crippen LogP contribution < -0.4 is 16.4 Å². The molecule has 36 heavy (non-hydrogen) atoms. The van der Waals surface area contributed by atoms with Gasteiger partial charge in [0.25, 0.3) is 5.91 Å². The first kappa shape index (κ1) is 23.5. The lowest BCUT2D eigenvalue weighted by molar-refractivity contribution is 0.0939. The second-order valence-electron chi connectivity index (χ2n) is 8.84. The molecule has 0 saturated carbocycles. The number of hydrogen-bond acceptors (Lipinski definition) is 5. The molecule has 0 radical (unpaired) electrons. The van der Waals surface area contributed by atoms with Gasteiger partial charge in [-0.05, 0) is 48.0 Å². The van der Waals surface area contributed by atoms with Crippen molar-refractivity contribution in [3.63, 3.8) is 0 Å². The van der Waals surface area contributed by atoms with E-state index in [1.165, 1.54) is 0 Å². The summed E-state index contributed by atoms with van der Waals surface area (Å²) in [7, 11) is 1.84. The standard InChI is InChI=1S/C27H27N7OS/c1-33-16-21(15-30-33)20-13-24(25(28)29-14-20)26(35)31-23-10-11-34(17-23)27(36)32-22-9-5-8-19(12-22)18-6-3-2-4-7-18/h2-9,12-16,23H,10-11,17H2,1H3,(H2,28,29)(H,31,35)(H,32,36)/t23-/m1/s1. The molecule has 1 aliphatic heterocycles. The van der Waals surface area contributed by atoms with Crippen molar-refractivity contribution in [3.05, 3.63) is 84.8 Å². The van der Waals surface area contributed by atoms with Gasteiger partial charge in [0.05, 0.1) is 11.8 Å². The third-order valence-corrected chi connectivity index (χ3v) is 6.59. The molecule has 2 aromatic carbocycles. The first-order valence-electron chi connectivity index (χ1n) is 11.7. The van der Waals surface area contributed by atoms with Crippen molar-refractivity contribution in [3.8, 4) is 22.3 Å². The van der Waals surface area contributed by atoms with Gasteiger partial charge in [-0.2, -0.15) is 5.10 Å². The Labute approximate surface area is 215 Å². The Morgan fingerprint density at radius 3 is 2.61 bits per heavy atom. The van der Waals surface area contributed by atoms with E-state index in [0.717, 1.165) is 40.9 Å². The smallest absolute Gasteiger partial charge is 0.255 e. The first-order valence-corrected chi connectivity index (χ1v) is 12.1. The Morgan fingerprint density at radius 1 is 1.03 bits per heavy atom. The number of aromatic nitrogens is 3. The molecule has 0 unspecified atom stereocenters. The van der Waals surface area contributed by atoms with Crippen molar-refractivity contribution in [1.29, 1.82) is 0 Å². The number of carbonyl (C=O) groups is 1. The second kappa shape index (κ2) is 10.2. The molecule has 8 nitrogen and oxygen atoms in total. The Balaban J connectivity index is 1.21. The van der Waals surface area contributed by atoms with Crippen LogP contribution in [0.4, 0.5) is 11.5 Å². The fraction of sp³-hybridized carbons (Fsp3) is 0.185. The number of anilines is 2. The summed E-state index contributed by atoms with van der Waals surface area (Å²) in [6.07, 6.45) is 6.03. The van der Waals surface area contributed by atoms with Gasteiger partial charge in [0.1, 0.15) is 5.82 Å². The van der Waals surface area contributed by atoms with Crippen LogP contribution >= 0.6 is 12.2 Å². The summed E-state index contributed by atoms with van der Waals surface area (Å²) in [6.45, 7) is 1.37. The molecular weight excluding hydrogens is 470 g/mol. The fourth-order valence-corrected chi connectivity index (χ4v) is 4.60. The number of rotatable bonds is 5. The predicted octanol–water partition coefficient (Wildman–Crippen LogP) is 3.93. The maximum absolute atomic E-state index is 13.0. The van der Waals surface area contributed by atoms with Crippen molar-refractivity contribution in [1.82, 2.24) is 25.0 Å². The van der Waals surface area contributed by atoms with E-state index < -0.39 is 0 Å². The van der Waals surface area contributed by atoms with Gasteiger partial charge in [-0.25, -0.2) is 4.98 Å². The molecule has 4 aromatic rings. The molecular formula is C27H27N7OS. The SMILES string of the molecule is Cn1cc(-c2cnc(N)c(C(=O)N[C@@H]3CCN(C(=S)Nc4cccc(-c5ccccc5)c4)C3)c2)cn1. The number of carbonyl (C=O) groups excluding carboxylic acids is 1. The van der Waals surface area contributed by atoms with Gasteiger partial charge in [-0.1, -0.05) is 42.5 Å². The lowest BCUT2D eigenvalue weighted by atomic mass is 10.1. The summed E-state index contributed by atoms with van der Waals surface area (Å²) in [5.74, 6) is -0.0440. The Morgan fingerprint density at radius 2 is 1.83 bits per heavy atom. The highest BCUT2D eigenvalue weighted by Crippen LogP contribution is 2.24. The van der Waals surface area contributed by atoms with Crippen LogP contribution in [0.5, 0.6) is 0 Å². The minimum absolute atomic E-state index is 0.0469. The minimum Gasteiger partial charge on any atom is -0.383 e. The van der Waals surface area contributed by atoms with E-state index in [1.54, 1.807) is 23.1 Å². The number of nitrogens with one attached hydrogen (secondary N) is 2. The van der Waals surface area contributed by atoms with Crippen LogP contribution in [0, 0.1) is 0 Å². The molecule has 1 aliphatic rings. The number of nitrogens with zero attached hydrogens (tertiary/aromatic N) is 4. The maximum atomic E-state index is 13.0. The van der Waals surface area contributed by atoms with Crippen molar-refractivity contribution in [2.75, 3.05) is 24.1 Å². The Bertz CT molecular complexity index is 1400. The van der Waals surface area contributed by atoms with Gasteiger partial charge in [-0.3, -0.25) is 9.48 Å². The van der Waals surface area contributed by atoms with Crippen LogP contribution in [-0.4, -0.2) is 49.8 Å². The Kier molecular flexibility index (Phi) is 6.64. The molecule has 3 heterocycles. The number of pyridine rings is 1. The van der Waals surface area contributed by atoms with E-state index >= 15 is 0 Å². The lowest BCUT2D eigenvalue weighted by Crippen LogP contribution is -2.39. The Hall–Kier alpha value is -4.24. The highest BCUT2D eigenvalue weighted by atomic mass is 32.1. The van der Waals surface area contributed by atoms with E-state index in [-0.39, 0.29) is 17.8 Å². The van der Waals surface area contributed by atoms with Crippen molar-refractivity contribution in [2.45, 2.75) is 12.5 Å². The summed E-state index contributed by atoms with van der Waals surface area (Å²) < 4.78 is 1.70. The maximum Gasteiger partial charge on any atom is 0.255 e. The van der Waals surface area contributed by atoms with Gasteiger partial charge < -0.3 is 21.3 Å². The molecule has 1 amide bonds. The third kappa shape index (κ3) is 5.21. The molecule has 0 bridgehead atoms. The molecule has 1 saturated heterocycles. The van der Waals surface area contributed by atoms with Crippen molar-refractivity contribution >= 4 is 34.7 Å². The van der Waals surface area contributed by atoms with Crippen LogP contribution in [-0.2, 0) is 7.05 Å². The highest BCUT2D eigenvalue weighted by Gasteiger charge is 2.27. The zero-order chi connectivity index (χ0) is 25.1. The number of hydrogen-bond donors (Lipinski definition) is 3. The van der Waals surface area contributed by atoms with Crippen LogP contribution in [0.2, 0.25) is 0 Å². The minimum atomic E-state index is -0.243. The summed E-state index contributed by atoms with van der Waals surface area (Å²) in [5, 5.41) is 11.3. The molecule has 0 spiro atoms. The van der Waals surface area contributed by atoms with E-state index in [1.807, 2.05) is 43.6 Å². The zero-order valence-corrected chi connectivity index (χ0v) is 20.7. The first-order chi connectivity index (χ1) is 17.5. The number of amides is 1. The molecule has 1 atom stereocenters. The number of nitrogen functional groups attached to an aromatic ring is 1. The third-order valence-electron chi connectivity index (χ3n) is 6.23. The number of likely N-dealkylation sites (tertiary alicyclic amines) is 1. The van der Waals surface area contributed by atoms with E-state index in [2.05, 4.69) is 49.9 Å². The average molecular weight is 498 g/mol. The number of thiocarbonyl (C=S) groups is 1. The van der Waals surface area contributed by atoms with E-state index in [4.69, 9.17) is 18.0 Å². The van der Waals surface area contributed by atoms with Crippen LogP contribution in [0.15, 0.2) is 79.3 Å². The molecule has 0 aliphatic carbocycles. The second-order valence-corrected chi connectivity index (χ2v) is 9.23. The topological polar surface area (TPSA) is 101 Å². The molecule has 2 aromatic heterocycles. The van der Waals surface area contributed by atoms with Gasteiger partial charge in [-0.15, -0.1) is 0 Å². The lowest BCUT2D eigenvalue weighted by Gasteiger charge is -2.21. The fourth-order valence-electron chi connectivity index (χ4n) is 4.32. The van der Waals surface area contributed by atoms with Crippen LogP contribution in [0.25, 0.3) is 22.3 Å². The monoisotopic (exact) mass is 497 g/mol.